The zero-order valence-corrected chi connectivity index (χ0v) is 13.6. The van der Waals surface area contributed by atoms with Gasteiger partial charge in [-0.1, -0.05) is 26.0 Å². The number of hydrogen-bond donors (Lipinski definition) is 2. The zero-order valence-electron chi connectivity index (χ0n) is 13.6. The van der Waals surface area contributed by atoms with E-state index in [0.717, 1.165) is 24.7 Å². The van der Waals surface area contributed by atoms with Crippen molar-refractivity contribution in [2.45, 2.75) is 27.3 Å². The molecule has 2 N–H and O–H groups in total. The molecular weight excluding hydrogens is 274 g/mol. The predicted molar refractivity (Wildman–Crippen MR) is 91.2 cm³/mol. The van der Waals surface area contributed by atoms with E-state index in [4.69, 9.17) is 0 Å². The molecule has 0 radical (unpaired) electrons. The third kappa shape index (κ3) is 4.91. The second-order valence-electron chi connectivity index (χ2n) is 5.59. The highest BCUT2D eigenvalue weighted by Gasteiger charge is 2.00. The first kappa shape index (κ1) is 16.1. The van der Waals surface area contributed by atoms with Crippen LogP contribution in [0, 0.1) is 5.92 Å². The lowest BCUT2D eigenvalue weighted by Crippen LogP contribution is -2.39. The first-order chi connectivity index (χ1) is 10.7. The van der Waals surface area contributed by atoms with Crippen LogP contribution < -0.4 is 10.6 Å². The van der Waals surface area contributed by atoms with E-state index in [1.807, 2.05) is 16.9 Å². The molecule has 2 rings (SSSR count). The Morgan fingerprint density at radius 3 is 2.59 bits per heavy atom. The average Bonchev–Trinajstić information content (AvgIpc) is 3.05. The van der Waals surface area contributed by atoms with E-state index in [1.54, 1.807) is 6.20 Å². The van der Waals surface area contributed by atoms with Crippen LogP contribution in [0.2, 0.25) is 0 Å². The summed E-state index contributed by atoms with van der Waals surface area (Å²) in [6.07, 6.45) is 3.72. The Bertz CT molecular complexity index is 570. The smallest absolute Gasteiger partial charge is 0.191 e. The van der Waals surface area contributed by atoms with Crippen molar-refractivity contribution in [2.24, 2.45) is 10.9 Å². The molecule has 1 heterocycles. The van der Waals surface area contributed by atoms with Crippen molar-refractivity contribution < 1.29 is 0 Å². The number of aromatic nitrogens is 2. The van der Waals surface area contributed by atoms with E-state index < -0.39 is 0 Å². The molecule has 0 fully saturated rings. The van der Waals surface area contributed by atoms with E-state index >= 15 is 0 Å². The van der Waals surface area contributed by atoms with Gasteiger partial charge in [-0.2, -0.15) is 5.10 Å². The molecule has 0 atom stereocenters. The van der Waals surface area contributed by atoms with Crippen molar-refractivity contribution in [2.75, 3.05) is 13.1 Å². The predicted octanol–water partition coefficient (Wildman–Crippen LogP) is 2.58. The van der Waals surface area contributed by atoms with Crippen LogP contribution >= 0.6 is 0 Å². The second-order valence-corrected chi connectivity index (χ2v) is 5.59. The lowest BCUT2D eigenvalue weighted by Gasteiger charge is -2.13. The summed E-state index contributed by atoms with van der Waals surface area (Å²) in [4.78, 5) is 4.62. The van der Waals surface area contributed by atoms with Crippen molar-refractivity contribution in [3.05, 3.63) is 48.3 Å². The molecule has 0 aliphatic heterocycles. The van der Waals surface area contributed by atoms with Crippen molar-refractivity contribution in [3.63, 3.8) is 0 Å². The quantitative estimate of drug-likeness (QED) is 0.637. The highest BCUT2D eigenvalue weighted by molar-refractivity contribution is 5.79. The Kier molecular flexibility index (Phi) is 6.01. The van der Waals surface area contributed by atoms with E-state index in [-0.39, 0.29) is 0 Å². The Hall–Kier alpha value is -2.30. The van der Waals surface area contributed by atoms with Gasteiger partial charge in [-0.25, -0.2) is 9.67 Å². The Morgan fingerprint density at radius 2 is 2.00 bits per heavy atom. The minimum absolute atomic E-state index is 0.595. The van der Waals surface area contributed by atoms with Crippen LogP contribution in [0.25, 0.3) is 5.69 Å². The van der Waals surface area contributed by atoms with Gasteiger partial charge in [-0.3, -0.25) is 0 Å². The fraction of sp³-hybridized carbons (Fsp3) is 0.412. The van der Waals surface area contributed by atoms with E-state index in [0.29, 0.717) is 12.5 Å². The minimum atomic E-state index is 0.595. The number of nitrogens with one attached hydrogen (secondary N) is 2. The number of benzene rings is 1. The minimum Gasteiger partial charge on any atom is -0.357 e. The van der Waals surface area contributed by atoms with E-state index in [1.165, 1.54) is 5.56 Å². The molecule has 5 heteroatoms. The lowest BCUT2D eigenvalue weighted by molar-refractivity contribution is 0.615. The zero-order chi connectivity index (χ0) is 15.8. The molecule has 22 heavy (non-hydrogen) atoms. The van der Waals surface area contributed by atoms with Crippen LogP contribution in [0.15, 0.2) is 47.7 Å². The van der Waals surface area contributed by atoms with Gasteiger partial charge in [0.2, 0.25) is 0 Å². The fourth-order valence-corrected chi connectivity index (χ4v) is 1.99. The highest BCUT2D eigenvalue weighted by atomic mass is 15.3. The van der Waals surface area contributed by atoms with Gasteiger partial charge in [-0.15, -0.1) is 0 Å². The SMILES string of the molecule is CCNC(=NCc1ccc(-n2cccn2)cc1)NCC(C)C. The van der Waals surface area contributed by atoms with Crippen LogP contribution in [-0.2, 0) is 6.54 Å². The topological polar surface area (TPSA) is 54.2 Å². The molecule has 0 unspecified atom stereocenters. The van der Waals surface area contributed by atoms with Crippen LogP contribution in [0.3, 0.4) is 0 Å². The maximum atomic E-state index is 4.62. The average molecular weight is 299 g/mol. The van der Waals surface area contributed by atoms with E-state index in [2.05, 4.69) is 65.8 Å². The molecule has 0 aliphatic carbocycles. The molecule has 0 saturated heterocycles. The number of nitrogens with zero attached hydrogens (tertiary/aromatic N) is 3. The van der Waals surface area contributed by atoms with Gasteiger partial charge >= 0.3 is 0 Å². The molecule has 0 saturated carbocycles. The van der Waals surface area contributed by atoms with Gasteiger partial charge in [0.15, 0.2) is 5.96 Å². The molecule has 0 aliphatic rings. The van der Waals surface area contributed by atoms with Crippen LogP contribution in [0.5, 0.6) is 0 Å². The summed E-state index contributed by atoms with van der Waals surface area (Å²) in [6.45, 7) is 8.89. The number of hydrogen-bond acceptors (Lipinski definition) is 2. The molecule has 0 spiro atoms. The van der Waals surface area contributed by atoms with Crippen LogP contribution in [-0.4, -0.2) is 28.8 Å². The molecule has 0 bridgehead atoms. The summed E-state index contributed by atoms with van der Waals surface area (Å²) in [5.41, 5.74) is 2.24. The van der Waals surface area contributed by atoms with Gasteiger partial charge in [0.1, 0.15) is 0 Å². The van der Waals surface area contributed by atoms with Gasteiger partial charge < -0.3 is 10.6 Å². The summed E-state index contributed by atoms with van der Waals surface area (Å²) in [7, 11) is 0. The summed E-state index contributed by atoms with van der Waals surface area (Å²) in [6, 6.07) is 10.2. The first-order valence-electron chi connectivity index (χ1n) is 7.80. The molecule has 1 aromatic carbocycles. The van der Waals surface area contributed by atoms with Crippen molar-refractivity contribution in [1.82, 2.24) is 20.4 Å². The fourth-order valence-electron chi connectivity index (χ4n) is 1.99. The molecule has 5 nitrogen and oxygen atoms in total. The summed E-state index contributed by atoms with van der Waals surface area (Å²) in [5.74, 6) is 1.46. The maximum Gasteiger partial charge on any atom is 0.191 e. The number of guanidine groups is 1. The van der Waals surface area contributed by atoms with Crippen molar-refractivity contribution in [1.29, 1.82) is 0 Å². The Balaban J connectivity index is 1.97. The molecule has 1 aromatic heterocycles. The summed E-state index contributed by atoms with van der Waals surface area (Å²) >= 11 is 0. The Morgan fingerprint density at radius 1 is 1.23 bits per heavy atom. The lowest BCUT2D eigenvalue weighted by atomic mass is 10.2. The molecule has 2 aromatic rings. The number of aliphatic imine (C=N–C) groups is 1. The second kappa shape index (κ2) is 8.22. The largest absolute Gasteiger partial charge is 0.357 e. The first-order valence-corrected chi connectivity index (χ1v) is 7.80. The van der Waals surface area contributed by atoms with Gasteiger partial charge in [0.05, 0.1) is 12.2 Å². The third-order valence-electron chi connectivity index (χ3n) is 3.15. The summed E-state index contributed by atoms with van der Waals surface area (Å²) in [5, 5.41) is 10.8. The monoisotopic (exact) mass is 299 g/mol. The molecular formula is C17H25N5. The van der Waals surface area contributed by atoms with Gasteiger partial charge in [0, 0.05) is 25.5 Å². The standard InChI is InChI=1S/C17H25N5/c1-4-18-17(19-12-14(2)3)20-13-15-6-8-16(9-7-15)22-11-5-10-21-22/h5-11,14H,4,12-13H2,1-3H3,(H2,18,19,20). The Labute approximate surface area is 132 Å². The summed E-state index contributed by atoms with van der Waals surface area (Å²) < 4.78 is 1.85. The number of rotatable bonds is 6. The molecule has 118 valence electrons. The van der Waals surface area contributed by atoms with Gasteiger partial charge in [-0.05, 0) is 36.6 Å². The van der Waals surface area contributed by atoms with E-state index in [9.17, 15) is 0 Å². The maximum absolute atomic E-state index is 4.62. The van der Waals surface area contributed by atoms with Gasteiger partial charge in [0.25, 0.3) is 0 Å². The van der Waals surface area contributed by atoms with Crippen molar-refractivity contribution in [3.8, 4) is 5.69 Å². The molecule has 0 amide bonds. The van der Waals surface area contributed by atoms with Crippen LogP contribution in [0.4, 0.5) is 0 Å². The highest BCUT2D eigenvalue weighted by Crippen LogP contribution is 2.09. The normalized spacial score (nSPS) is 11.7. The van der Waals surface area contributed by atoms with Crippen molar-refractivity contribution >= 4 is 5.96 Å². The third-order valence-corrected chi connectivity index (χ3v) is 3.15. The van der Waals surface area contributed by atoms with Crippen LogP contribution in [0.1, 0.15) is 26.3 Å².